The summed E-state index contributed by atoms with van der Waals surface area (Å²) in [4.78, 5) is 51.4. The summed E-state index contributed by atoms with van der Waals surface area (Å²) in [6.07, 6.45) is 2.71. The molecule has 1 aliphatic carbocycles. The molecule has 12 nitrogen and oxygen atoms in total. The van der Waals surface area contributed by atoms with Gasteiger partial charge in [0, 0.05) is 32.1 Å². The molecule has 1 saturated carbocycles. The Hall–Kier alpha value is -2.67. The molecular weight excluding hydrogens is 502 g/mol. The average molecular weight is 544 g/mol. The lowest BCUT2D eigenvalue weighted by Gasteiger charge is -2.34. The van der Waals surface area contributed by atoms with Crippen molar-refractivity contribution in [1.29, 1.82) is 0 Å². The molecule has 4 amide bonds. The van der Waals surface area contributed by atoms with Crippen LogP contribution < -0.4 is 16.0 Å². The number of urea groups is 1. The van der Waals surface area contributed by atoms with Crippen molar-refractivity contribution in [1.82, 2.24) is 25.2 Å². The number of carbonyl (C=O) groups is 4. The van der Waals surface area contributed by atoms with Crippen LogP contribution in [-0.4, -0.2) is 96.1 Å². The molecule has 0 aromatic carbocycles. The predicted molar refractivity (Wildman–Crippen MR) is 138 cm³/mol. The number of likely N-dealkylation sites (N-methyl/N-ethyl adjacent to an activating group) is 1. The number of carbonyl (C=O) groups excluding carboxylic acids is 3. The second-order valence-electron chi connectivity index (χ2n) is 11.2. The normalized spacial score (nSPS) is 24.5. The number of nitrogens with zero attached hydrogens (tertiary/aromatic N) is 2. The van der Waals surface area contributed by atoms with Crippen molar-refractivity contribution in [3.8, 4) is 0 Å². The summed E-state index contributed by atoms with van der Waals surface area (Å²) in [5.41, 5.74) is -1.86. The summed E-state index contributed by atoms with van der Waals surface area (Å²) in [6, 6.07) is -2.01. The summed E-state index contributed by atoms with van der Waals surface area (Å²) in [5, 5.41) is 16.8. The van der Waals surface area contributed by atoms with E-state index in [0.717, 1.165) is 0 Å². The SMILES string of the molecule is C=CC1C[C@]1(NC(=O)[C@@H]1CCCN1C(=O)CNC(=O)NC(CN(C)S(=O)(=O)C(C)C)C(C)(C)C)C(=O)O. The van der Waals surface area contributed by atoms with E-state index in [2.05, 4.69) is 22.5 Å². The molecule has 1 saturated heterocycles. The number of nitrogens with one attached hydrogen (secondary N) is 3. The van der Waals surface area contributed by atoms with Gasteiger partial charge in [-0.2, -0.15) is 0 Å². The monoisotopic (exact) mass is 543 g/mol. The number of aliphatic carboxylic acids is 1. The van der Waals surface area contributed by atoms with Gasteiger partial charge in [-0.3, -0.25) is 9.59 Å². The second kappa shape index (κ2) is 11.4. The van der Waals surface area contributed by atoms with Gasteiger partial charge in [0.2, 0.25) is 21.8 Å². The molecule has 2 aliphatic rings. The van der Waals surface area contributed by atoms with Crippen molar-refractivity contribution >= 4 is 33.8 Å². The van der Waals surface area contributed by atoms with Gasteiger partial charge >= 0.3 is 12.0 Å². The van der Waals surface area contributed by atoms with Crippen LogP contribution in [0.3, 0.4) is 0 Å². The van der Waals surface area contributed by atoms with Crippen LogP contribution in [0.2, 0.25) is 0 Å². The molecule has 2 unspecified atom stereocenters. The maximum atomic E-state index is 12.9. The Morgan fingerprint density at radius 2 is 1.86 bits per heavy atom. The first kappa shape index (κ1) is 30.6. The molecule has 13 heteroatoms. The lowest BCUT2D eigenvalue weighted by molar-refractivity contribution is -0.145. The average Bonchev–Trinajstić information content (AvgIpc) is 3.28. The van der Waals surface area contributed by atoms with Crippen LogP contribution in [0.4, 0.5) is 4.79 Å². The molecule has 37 heavy (non-hydrogen) atoms. The Bertz CT molecular complexity index is 1020. The number of amides is 4. The van der Waals surface area contributed by atoms with Crippen LogP contribution in [0, 0.1) is 11.3 Å². The van der Waals surface area contributed by atoms with Crippen LogP contribution in [0.1, 0.15) is 53.9 Å². The molecule has 4 N–H and O–H groups in total. The molecule has 210 valence electrons. The summed E-state index contributed by atoms with van der Waals surface area (Å²) in [6.45, 7) is 12.4. The minimum Gasteiger partial charge on any atom is -0.479 e. The maximum Gasteiger partial charge on any atom is 0.330 e. The lowest BCUT2D eigenvalue weighted by Crippen LogP contribution is -2.56. The van der Waals surface area contributed by atoms with Crippen LogP contribution >= 0.6 is 0 Å². The molecule has 1 aliphatic heterocycles. The third kappa shape index (κ3) is 7.01. The highest BCUT2D eigenvalue weighted by molar-refractivity contribution is 7.89. The van der Waals surface area contributed by atoms with E-state index in [1.807, 2.05) is 20.8 Å². The lowest BCUT2D eigenvalue weighted by atomic mass is 9.87. The van der Waals surface area contributed by atoms with Crippen molar-refractivity contribution in [2.24, 2.45) is 11.3 Å². The molecule has 2 rings (SSSR count). The van der Waals surface area contributed by atoms with Gasteiger partial charge in [-0.25, -0.2) is 22.3 Å². The minimum atomic E-state index is -3.52. The fourth-order valence-corrected chi connectivity index (χ4v) is 5.46. The topological polar surface area (TPSA) is 165 Å². The zero-order chi connectivity index (χ0) is 28.3. The first-order valence-electron chi connectivity index (χ1n) is 12.4. The van der Waals surface area contributed by atoms with Gasteiger partial charge in [0.05, 0.1) is 11.8 Å². The Kier molecular flexibility index (Phi) is 9.40. The molecule has 0 bridgehead atoms. The summed E-state index contributed by atoms with van der Waals surface area (Å²) < 4.78 is 26.1. The van der Waals surface area contributed by atoms with Crippen molar-refractivity contribution in [2.75, 3.05) is 26.7 Å². The number of carboxylic acids is 1. The third-order valence-electron chi connectivity index (χ3n) is 7.12. The summed E-state index contributed by atoms with van der Waals surface area (Å²) >= 11 is 0. The van der Waals surface area contributed by atoms with Crippen LogP contribution in [0.25, 0.3) is 0 Å². The van der Waals surface area contributed by atoms with E-state index in [0.29, 0.717) is 19.4 Å². The van der Waals surface area contributed by atoms with Gasteiger partial charge in [0.15, 0.2) is 0 Å². The number of sulfonamides is 1. The van der Waals surface area contributed by atoms with Crippen LogP contribution in [0.5, 0.6) is 0 Å². The molecule has 4 atom stereocenters. The molecule has 0 aromatic heterocycles. The molecule has 0 radical (unpaired) electrons. The van der Waals surface area contributed by atoms with E-state index in [4.69, 9.17) is 0 Å². The van der Waals surface area contributed by atoms with E-state index in [9.17, 15) is 32.7 Å². The fourth-order valence-electron chi connectivity index (χ4n) is 4.38. The zero-order valence-corrected chi connectivity index (χ0v) is 23.4. The smallest absolute Gasteiger partial charge is 0.330 e. The summed E-state index contributed by atoms with van der Waals surface area (Å²) in [5.74, 6) is -2.51. The number of hydrogen-bond donors (Lipinski definition) is 4. The first-order chi connectivity index (χ1) is 17.0. The number of likely N-dealkylation sites (tertiary alicyclic amines) is 1. The Morgan fingerprint density at radius 3 is 2.35 bits per heavy atom. The quantitative estimate of drug-likeness (QED) is 0.276. The molecule has 2 fully saturated rings. The van der Waals surface area contributed by atoms with Gasteiger partial charge in [0.1, 0.15) is 11.6 Å². The maximum absolute atomic E-state index is 12.9. The standard InChI is InChI=1S/C24H41N5O7S/c1-8-16-12-24(16,21(32)33)27-20(31)17-10-9-11-29(17)19(30)13-25-22(34)26-18(23(4,5)6)14-28(7)37(35,36)15(2)3/h8,15-18H,1,9-14H2,2-7H3,(H,27,31)(H,32,33)(H2,25,26,34)/t16?,17-,18?,24+/m0/s1. The first-order valence-corrected chi connectivity index (χ1v) is 13.9. The van der Waals surface area contributed by atoms with Gasteiger partial charge in [-0.15, -0.1) is 6.58 Å². The fraction of sp³-hybridized carbons (Fsp3) is 0.750. The number of hydrogen-bond acceptors (Lipinski definition) is 6. The van der Waals surface area contributed by atoms with Crippen molar-refractivity contribution in [2.45, 2.75) is 76.8 Å². The Morgan fingerprint density at radius 1 is 1.24 bits per heavy atom. The van der Waals surface area contributed by atoms with E-state index in [1.165, 1.54) is 22.3 Å². The Labute approximate surface area is 219 Å². The number of carboxylic acid groups (broad SMARTS) is 1. The third-order valence-corrected chi connectivity index (χ3v) is 9.33. The second-order valence-corrected chi connectivity index (χ2v) is 13.8. The highest BCUT2D eigenvalue weighted by Gasteiger charge is 2.61. The van der Waals surface area contributed by atoms with Gasteiger partial charge in [-0.1, -0.05) is 26.8 Å². The largest absolute Gasteiger partial charge is 0.479 e. The van der Waals surface area contributed by atoms with E-state index < -0.39 is 62.1 Å². The molecule has 0 spiro atoms. The summed E-state index contributed by atoms with van der Waals surface area (Å²) in [7, 11) is -2.06. The zero-order valence-electron chi connectivity index (χ0n) is 22.5. The van der Waals surface area contributed by atoms with Gasteiger partial charge in [-0.05, 0) is 38.5 Å². The number of rotatable bonds is 11. The predicted octanol–water partition coefficient (Wildman–Crippen LogP) is 0.507. The highest BCUT2D eigenvalue weighted by Crippen LogP contribution is 2.44. The van der Waals surface area contributed by atoms with E-state index in [-0.39, 0.29) is 25.4 Å². The van der Waals surface area contributed by atoms with Crippen molar-refractivity contribution in [3.63, 3.8) is 0 Å². The van der Waals surface area contributed by atoms with E-state index in [1.54, 1.807) is 13.8 Å². The van der Waals surface area contributed by atoms with Gasteiger partial charge < -0.3 is 26.0 Å². The van der Waals surface area contributed by atoms with Crippen LogP contribution in [-0.2, 0) is 24.4 Å². The molecular formula is C24H41N5O7S. The Balaban J connectivity index is 1.97. The molecule has 1 heterocycles. The van der Waals surface area contributed by atoms with Crippen molar-refractivity contribution in [3.05, 3.63) is 12.7 Å². The minimum absolute atomic E-state index is 0.0524. The van der Waals surface area contributed by atoms with Crippen LogP contribution in [0.15, 0.2) is 12.7 Å². The van der Waals surface area contributed by atoms with Gasteiger partial charge in [0.25, 0.3) is 0 Å². The highest BCUT2D eigenvalue weighted by atomic mass is 32.2. The van der Waals surface area contributed by atoms with Crippen molar-refractivity contribution < 1.29 is 32.7 Å². The molecule has 0 aromatic rings. The van der Waals surface area contributed by atoms with E-state index >= 15 is 0 Å².